The highest BCUT2D eigenvalue weighted by Gasteiger charge is 1.98. The summed E-state index contributed by atoms with van der Waals surface area (Å²) in [5.74, 6) is 0. The second kappa shape index (κ2) is 15.3. The maximum Gasteiger partial charge on any atom is 0.0715 e. The molecule has 5 nitrogen and oxygen atoms in total. The first kappa shape index (κ1) is 20.8. The van der Waals surface area contributed by atoms with Gasteiger partial charge in [0.2, 0.25) is 0 Å². The minimum absolute atomic E-state index is 0.566. The fraction of sp³-hybridized carbons (Fsp3) is 0.579. The number of ether oxygens (including phenoxy) is 5. The smallest absolute Gasteiger partial charge is 0.0715 e. The molecule has 0 saturated carbocycles. The lowest BCUT2D eigenvalue weighted by Gasteiger charge is -2.07. The van der Waals surface area contributed by atoms with Crippen LogP contribution in [0.4, 0.5) is 0 Å². The van der Waals surface area contributed by atoms with Crippen molar-refractivity contribution in [2.24, 2.45) is 0 Å². The van der Waals surface area contributed by atoms with E-state index in [4.69, 9.17) is 23.7 Å². The van der Waals surface area contributed by atoms with E-state index in [1.807, 2.05) is 6.08 Å². The zero-order valence-electron chi connectivity index (χ0n) is 14.7. The third-order valence-electron chi connectivity index (χ3n) is 3.28. The molecule has 0 amide bonds. The molecular weight excluding hydrogens is 308 g/mol. The molecule has 0 aromatic heterocycles. The van der Waals surface area contributed by atoms with Crippen molar-refractivity contribution in [3.8, 4) is 0 Å². The van der Waals surface area contributed by atoms with Crippen molar-refractivity contribution in [1.29, 1.82) is 0 Å². The molecule has 24 heavy (non-hydrogen) atoms. The van der Waals surface area contributed by atoms with Crippen molar-refractivity contribution < 1.29 is 23.7 Å². The maximum atomic E-state index is 5.61. The lowest BCUT2D eigenvalue weighted by atomic mass is 10.2. The van der Waals surface area contributed by atoms with E-state index in [0.29, 0.717) is 59.5 Å². The molecule has 0 fully saturated rings. The standard InChI is InChI=1S/C19H30O5/c1-3-18-5-4-6-19(8-7-18)17-24-16-15-23-14-13-22-12-11-21-10-9-20-2/h3,5-8H,1,4,9-17H2,2H3. The largest absolute Gasteiger partial charge is 0.382 e. The summed E-state index contributed by atoms with van der Waals surface area (Å²) in [6, 6.07) is 0. The number of rotatable bonds is 15. The number of hydrogen-bond donors (Lipinski definition) is 0. The van der Waals surface area contributed by atoms with Gasteiger partial charge in [0, 0.05) is 7.11 Å². The minimum Gasteiger partial charge on any atom is -0.382 e. The predicted octanol–water partition coefficient (Wildman–Crippen LogP) is 2.70. The van der Waals surface area contributed by atoms with Crippen molar-refractivity contribution in [3.05, 3.63) is 48.1 Å². The van der Waals surface area contributed by atoms with Crippen LogP contribution in [0.25, 0.3) is 0 Å². The van der Waals surface area contributed by atoms with Gasteiger partial charge in [-0.05, 0) is 17.6 Å². The predicted molar refractivity (Wildman–Crippen MR) is 95.3 cm³/mol. The van der Waals surface area contributed by atoms with E-state index in [9.17, 15) is 0 Å². The molecule has 0 saturated heterocycles. The van der Waals surface area contributed by atoms with Gasteiger partial charge >= 0.3 is 0 Å². The first-order valence-corrected chi connectivity index (χ1v) is 8.36. The summed E-state index contributed by atoms with van der Waals surface area (Å²) in [5.41, 5.74) is 2.33. The molecule has 5 heteroatoms. The molecule has 0 N–H and O–H groups in total. The van der Waals surface area contributed by atoms with Gasteiger partial charge in [-0.15, -0.1) is 0 Å². The third kappa shape index (κ3) is 11.3. The van der Waals surface area contributed by atoms with Crippen molar-refractivity contribution in [3.63, 3.8) is 0 Å². The van der Waals surface area contributed by atoms with Crippen LogP contribution in [0.2, 0.25) is 0 Å². The van der Waals surface area contributed by atoms with Crippen LogP contribution in [0.15, 0.2) is 48.1 Å². The van der Waals surface area contributed by atoms with Crippen LogP contribution < -0.4 is 0 Å². The molecule has 0 heterocycles. The first-order chi connectivity index (χ1) is 11.9. The summed E-state index contributed by atoms with van der Waals surface area (Å²) in [7, 11) is 1.65. The van der Waals surface area contributed by atoms with Gasteiger partial charge in [0.15, 0.2) is 0 Å². The third-order valence-corrected chi connectivity index (χ3v) is 3.28. The monoisotopic (exact) mass is 338 g/mol. The summed E-state index contributed by atoms with van der Waals surface area (Å²) in [5, 5.41) is 0. The quantitative estimate of drug-likeness (QED) is 0.430. The van der Waals surface area contributed by atoms with E-state index < -0.39 is 0 Å². The van der Waals surface area contributed by atoms with Crippen LogP contribution >= 0.6 is 0 Å². The van der Waals surface area contributed by atoms with E-state index in [2.05, 4.69) is 30.9 Å². The van der Waals surface area contributed by atoms with Crippen LogP contribution in [0.5, 0.6) is 0 Å². The molecule has 0 aromatic carbocycles. The number of allylic oxidation sites excluding steroid dienone is 5. The second-order valence-corrected chi connectivity index (χ2v) is 5.14. The molecular formula is C19H30O5. The molecule has 0 aliphatic heterocycles. The van der Waals surface area contributed by atoms with E-state index in [-0.39, 0.29) is 0 Å². The molecule has 1 aliphatic rings. The average molecular weight is 338 g/mol. The average Bonchev–Trinajstić information content (AvgIpc) is 2.84. The fourth-order valence-corrected chi connectivity index (χ4v) is 1.94. The van der Waals surface area contributed by atoms with Gasteiger partial charge in [0.25, 0.3) is 0 Å². The molecule has 136 valence electrons. The summed E-state index contributed by atoms with van der Waals surface area (Å²) in [6.45, 7) is 9.03. The van der Waals surface area contributed by atoms with Crippen molar-refractivity contribution in [1.82, 2.24) is 0 Å². The van der Waals surface area contributed by atoms with Crippen LogP contribution in [-0.4, -0.2) is 66.6 Å². The summed E-state index contributed by atoms with van der Waals surface area (Å²) in [4.78, 5) is 0. The Labute approximate surface area is 145 Å². The Kier molecular flexibility index (Phi) is 13.3. The van der Waals surface area contributed by atoms with Crippen LogP contribution in [0.3, 0.4) is 0 Å². The highest BCUT2D eigenvalue weighted by Crippen LogP contribution is 2.11. The lowest BCUT2D eigenvalue weighted by Crippen LogP contribution is -2.13. The van der Waals surface area contributed by atoms with Gasteiger partial charge in [-0.3, -0.25) is 0 Å². The summed E-state index contributed by atoms with van der Waals surface area (Å²) in [6.07, 6.45) is 11.2. The normalized spacial score (nSPS) is 14.2. The Morgan fingerprint density at radius 2 is 1.42 bits per heavy atom. The van der Waals surface area contributed by atoms with E-state index in [1.54, 1.807) is 7.11 Å². The summed E-state index contributed by atoms with van der Waals surface area (Å²) >= 11 is 0. The van der Waals surface area contributed by atoms with Crippen LogP contribution in [0.1, 0.15) is 6.42 Å². The van der Waals surface area contributed by atoms with Gasteiger partial charge in [-0.2, -0.15) is 0 Å². The van der Waals surface area contributed by atoms with Gasteiger partial charge in [0.05, 0.1) is 59.5 Å². The van der Waals surface area contributed by atoms with E-state index in [0.717, 1.165) is 12.0 Å². The van der Waals surface area contributed by atoms with Gasteiger partial charge in [0.1, 0.15) is 0 Å². The Hall–Kier alpha value is -1.24. The van der Waals surface area contributed by atoms with Gasteiger partial charge in [-0.1, -0.05) is 37.0 Å². The molecule has 0 spiro atoms. The topological polar surface area (TPSA) is 46.2 Å². The Morgan fingerprint density at radius 3 is 2.00 bits per heavy atom. The Balaban J connectivity index is 1.86. The molecule has 0 bridgehead atoms. The number of hydrogen-bond acceptors (Lipinski definition) is 5. The summed E-state index contributed by atoms with van der Waals surface area (Å²) < 4.78 is 26.6. The zero-order valence-corrected chi connectivity index (χ0v) is 14.7. The van der Waals surface area contributed by atoms with Crippen LogP contribution in [-0.2, 0) is 23.7 Å². The zero-order chi connectivity index (χ0) is 17.3. The van der Waals surface area contributed by atoms with Gasteiger partial charge < -0.3 is 23.7 Å². The van der Waals surface area contributed by atoms with Crippen molar-refractivity contribution in [2.75, 3.05) is 66.6 Å². The fourth-order valence-electron chi connectivity index (χ4n) is 1.94. The highest BCUT2D eigenvalue weighted by molar-refractivity contribution is 5.37. The van der Waals surface area contributed by atoms with Crippen molar-refractivity contribution in [2.45, 2.75) is 6.42 Å². The SMILES string of the molecule is C=CC1=CCC=C(COCCOCCOCCOCCOC)C=C1. The van der Waals surface area contributed by atoms with Crippen molar-refractivity contribution >= 4 is 0 Å². The van der Waals surface area contributed by atoms with E-state index >= 15 is 0 Å². The molecule has 0 radical (unpaired) electrons. The second-order valence-electron chi connectivity index (χ2n) is 5.14. The molecule has 0 atom stereocenters. The van der Waals surface area contributed by atoms with Crippen LogP contribution in [0, 0.1) is 0 Å². The first-order valence-electron chi connectivity index (χ1n) is 8.36. The lowest BCUT2D eigenvalue weighted by molar-refractivity contribution is -0.00605. The van der Waals surface area contributed by atoms with E-state index in [1.165, 1.54) is 5.57 Å². The molecule has 0 unspecified atom stereocenters. The molecule has 1 rings (SSSR count). The number of methoxy groups -OCH3 is 1. The highest BCUT2D eigenvalue weighted by atomic mass is 16.6. The molecule has 1 aliphatic carbocycles. The maximum absolute atomic E-state index is 5.61. The van der Waals surface area contributed by atoms with Gasteiger partial charge in [-0.25, -0.2) is 0 Å². The Morgan fingerprint density at radius 1 is 0.833 bits per heavy atom. The molecule has 0 aromatic rings. The Bertz CT molecular complexity index is 412. The minimum atomic E-state index is 0.566.